The van der Waals surface area contributed by atoms with Gasteiger partial charge in [-0.1, -0.05) is 97.1 Å². The van der Waals surface area contributed by atoms with Crippen molar-refractivity contribution in [2.24, 2.45) is 0 Å². The standard InChI is InChI=1S/C25H26N4O2.C21H16N4O/c1-3-30-25(31-4-2)24-28-21-15-10-14-20(18-11-6-5-7-12-18)22(21)23(29-24)27-17-19-13-8-9-16-26-19;26-14-19-24-18-11-6-10-17(15-7-2-1-3-8-15)20(18)21(25-19)23-13-16-9-4-5-12-22-16/h5-16,25H,3-4,17H2,1-2H3,(H,27,28,29);1-12,14H,13H2,(H,23,24,25). The van der Waals surface area contributed by atoms with Gasteiger partial charge in [-0.25, -0.2) is 19.9 Å². The number of nitrogens with one attached hydrogen (secondary N) is 2. The molecule has 0 unspecified atom stereocenters. The van der Waals surface area contributed by atoms with Crippen molar-refractivity contribution in [3.63, 3.8) is 0 Å². The van der Waals surface area contributed by atoms with Gasteiger partial charge in [0, 0.05) is 25.6 Å². The summed E-state index contributed by atoms with van der Waals surface area (Å²) in [5, 5.41) is 8.63. The number of benzene rings is 4. The smallest absolute Gasteiger partial charge is 0.219 e. The molecule has 8 aromatic rings. The van der Waals surface area contributed by atoms with Gasteiger partial charge in [-0.15, -0.1) is 0 Å². The lowest BCUT2D eigenvalue weighted by Crippen LogP contribution is -2.15. The summed E-state index contributed by atoms with van der Waals surface area (Å²) in [6.07, 6.45) is 3.59. The van der Waals surface area contributed by atoms with Gasteiger partial charge >= 0.3 is 0 Å². The number of anilines is 2. The zero-order valence-corrected chi connectivity index (χ0v) is 31.7. The number of ether oxygens (including phenoxy) is 2. The Morgan fingerprint density at radius 3 is 1.51 bits per heavy atom. The molecule has 284 valence electrons. The van der Waals surface area contributed by atoms with E-state index in [4.69, 9.17) is 19.4 Å². The van der Waals surface area contributed by atoms with E-state index < -0.39 is 6.29 Å². The number of hydrogen-bond acceptors (Lipinski definition) is 11. The quantitative estimate of drug-likeness (QED) is 0.0811. The number of fused-ring (bicyclic) bond motifs is 2. The van der Waals surface area contributed by atoms with Crippen molar-refractivity contribution < 1.29 is 14.3 Å². The van der Waals surface area contributed by atoms with Crippen molar-refractivity contribution in [2.45, 2.75) is 33.2 Å². The van der Waals surface area contributed by atoms with Crippen molar-refractivity contribution in [2.75, 3.05) is 23.8 Å². The highest BCUT2D eigenvalue weighted by atomic mass is 16.7. The number of rotatable bonds is 14. The van der Waals surface area contributed by atoms with E-state index in [1.807, 2.05) is 129 Å². The molecule has 2 N–H and O–H groups in total. The summed E-state index contributed by atoms with van der Waals surface area (Å²) in [6, 6.07) is 43.9. The SMILES string of the molecule is CCOC(OCC)c1nc(NCc2ccccn2)c2c(-c3ccccc3)cccc2n1.O=Cc1nc(NCc2ccccn2)c2c(-c3ccccc3)cccc2n1. The molecule has 0 aliphatic carbocycles. The molecule has 57 heavy (non-hydrogen) atoms. The predicted molar refractivity (Wildman–Crippen MR) is 224 cm³/mol. The molecule has 4 aromatic heterocycles. The molecule has 0 atom stereocenters. The van der Waals surface area contributed by atoms with Gasteiger partial charge in [0.25, 0.3) is 0 Å². The predicted octanol–water partition coefficient (Wildman–Crippen LogP) is 9.49. The first-order valence-electron chi connectivity index (χ1n) is 18.8. The molecule has 4 aromatic carbocycles. The first-order chi connectivity index (χ1) is 28.1. The maximum absolute atomic E-state index is 11.3. The van der Waals surface area contributed by atoms with E-state index in [9.17, 15) is 4.79 Å². The van der Waals surface area contributed by atoms with Gasteiger partial charge in [-0.3, -0.25) is 14.8 Å². The van der Waals surface area contributed by atoms with E-state index in [-0.39, 0.29) is 5.82 Å². The van der Waals surface area contributed by atoms with Gasteiger partial charge in [-0.2, -0.15) is 0 Å². The normalized spacial score (nSPS) is 10.9. The van der Waals surface area contributed by atoms with E-state index in [1.165, 1.54) is 0 Å². The van der Waals surface area contributed by atoms with Crippen LogP contribution in [0.15, 0.2) is 146 Å². The molecule has 0 fully saturated rings. The van der Waals surface area contributed by atoms with Gasteiger partial charge in [0.15, 0.2) is 17.9 Å². The molecule has 0 radical (unpaired) electrons. The van der Waals surface area contributed by atoms with Crippen LogP contribution in [0.1, 0.15) is 48.0 Å². The van der Waals surface area contributed by atoms with Crippen LogP contribution in [0.2, 0.25) is 0 Å². The summed E-state index contributed by atoms with van der Waals surface area (Å²) < 4.78 is 11.5. The Balaban J connectivity index is 0.000000177. The summed E-state index contributed by atoms with van der Waals surface area (Å²) >= 11 is 0. The van der Waals surface area contributed by atoms with Crippen molar-refractivity contribution in [3.8, 4) is 22.3 Å². The number of carbonyl (C=O) groups excluding carboxylic acids is 1. The Kier molecular flexibility index (Phi) is 12.8. The van der Waals surface area contributed by atoms with Crippen LogP contribution in [0.3, 0.4) is 0 Å². The first kappa shape index (κ1) is 38.3. The number of hydrogen-bond donors (Lipinski definition) is 2. The van der Waals surface area contributed by atoms with Crippen LogP contribution >= 0.6 is 0 Å². The Labute approximate surface area is 331 Å². The Morgan fingerprint density at radius 2 is 1.04 bits per heavy atom. The molecule has 8 rings (SSSR count). The second-order valence-electron chi connectivity index (χ2n) is 12.7. The average Bonchev–Trinajstić information content (AvgIpc) is 3.28. The van der Waals surface area contributed by atoms with Crippen molar-refractivity contribution in [3.05, 3.63) is 169 Å². The Bertz CT molecular complexity index is 2520. The molecular weight excluding hydrogens is 713 g/mol. The molecule has 11 heteroatoms. The fraction of sp³-hybridized carbons (Fsp3) is 0.152. The van der Waals surface area contributed by atoms with Gasteiger partial charge in [0.05, 0.1) is 46.3 Å². The van der Waals surface area contributed by atoms with Crippen LogP contribution in [-0.4, -0.2) is 49.4 Å². The minimum absolute atomic E-state index is 0.159. The van der Waals surface area contributed by atoms with Crippen molar-refractivity contribution >= 4 is 39.7 Å². The third-order valence-corrected chi connectivity index (χ3v) is 8.93. The molecule has 0 bridgehead atoms. The molecule has 0 amide bonds. The fourth-order valence-electron chi connectivity index (χ4n) is 6.39. The number of carbonyl (C=O) groups is 1. The summed E-state index contributed by atoms with van der Waals surface area (Å²) in [6.45, 7) is 5.93. The largest absolute Gasteiger partial charge is 0.364 e. The fourth-order valence-corrected chi connectivity index (χ4v) is 6.39. The second kappa shape index (κ2) is 19.1. The molecule has 0 saturated heterocycles. The monoisotopic (exact) mass is 754 g/mol. The van der Waals surface area contributed by atoms with E-state index >= 15 is 0 Å². The zero-order chi connectivity index (χ0) is 39.2. The molecule has 0 saturated carbocycles. The summed E-state index contributed by atoms with van der Waals surface area (Å²) in [4.78, 5) is 38.4. The summed E-state index contributed by atoms with van der Waals surface area (Å²) in [5.41, 5.74) is 7.65. The van der Waals surface area contributed by atoms with Gasteiger partial charge in [0.1, 0.15) is 11.6 Å². The number of pyridine rings is 2. The lowest BCUT2D eigenvalue weighted by atomic mass is 10.0. The van der Waals surface area contributed by atoms with Crippen LogP contribution < -0.4 is 10.6 Å². The first-order valence-corrected chi connectivity index (χ1v) is 18.8. The molecule has 4 heterocycles. The van der Waals surface area contributed by atoms with Gasteiger partial charge in [-0.05, 0) is 72.5 Å². The molecule has 0 aliphatic rings. The topological polar surface area (TPSA) is 137 Å². The Morgan fingerprint density at radius 1 is 0.544 bits per heavy atom. The van der Waals surface area contributed by atoms with E-state index in [0.29, 0.717) is 44.2 Å². The maximum Gasteiger partial charge on any atom is 0.219 e. The highest BCUT2D eigenvalue weighted by molar-refractivity contribution is 6.03. The zero-order valence-electron chi connectivity index (χ0n) is 31.7. The number of aldehydes is 1. The van der Waals surface area contributed by atoms with E-state index in [0.717, 1.165) is 61.3 Å². The summed E-state index contributed by atoms with van der Waals surface area (Å²) in [5.74, 6) is 2.02. The Hall–Kier alpha value is -6.95. The van der Waals surface area contributed by atoms with E-state index in [2.05, 4.69) is 48.8 Å². The van der Waals surface area contributed by atoms with Crippen LogP contribution in [0.4, 0.5) is 11.6 Å². The van der Waals surface area contributed by atoms with Crippen LogP contribution in [0, 0.1) is 0 Å². The number of aromatic nitrogens is 6. The highest BCUT2D eigenvalue weighted by Gasteiger charge is 2.20. The maximum atomic E-state index is 11.3. The average molecular weight is 755 g/mol. The third kappa shape index (κ3) is 9.48. The van der Waals surface area contributed by atoms with Crippen molar-refractivity contribution in [1.82, 2.24) is 29.9 Å². The van der Waals surface area contributed by atoms with Crippen molar-refractivity contribution in [1.29, 1.82) is 0 Å². The second-order valence-corrected chi connectivity index (χ2v) is 12.7. The third-order valence-electron chi connectivity index (χ3n) is 8.93. The lowest BCUT2D eigenvalue weighted by molar-refractivity contribution is -0.145. The van der Waals surface area contributed by atoms with Gasteiger partial charge in [0.2, 0.25) is 6.29 Å². The molecular formula is C46H42N8O3. The lowest BCUT2D eigenvalue weighted by Gasteiger charge is -2.19. The molecule has 11 nitrogen and oxygen atoms in total. The minimum Gasteiger partial charge on any atom is -0.364 e. The van der Waals surface area contributed by atoms with Crippen LogP contribution in [0.25, 0.3) is 44.1 Å². The number of nitrogens with zero attached hydrogens (tertiary/aromatic N) is 6. The molecule has 0 aliphatic heterocycles. The van der Waals surface area contributed by atoms with Gasteiger partial charge < -0.3 is 20.1 Å². The van der Waals surface area contributed by atoms with E-state index in [1.54, 1.807) is 12.4 Å². The molecule has 0 spiro atoms. The summed E-state index contributed by atoms with van der Waals surface area (Å²) in [7, 11) is 0. The van der Waals surface area contributed by atoms with Crippen LogP contribution in [0.5, 0.6) is 0 Å². The van der Waals surface area contributed by atoms with Crippen LogP contribution in [-0.2, 0) is 22.6 Å². The minimum atomic E-state index is -0.616. The highest BCUT2D eigenvalue weighted by Crippen LogP contribution is 2.35.